The van der Waals surface area contributed by atoms with Crippen molar-refractivity contribution in [1.82, 2.24) is 10.6 Å². The molecule has 2 N–H and O–H groups in total. The zero-order valence-electron chi connectivity index (χ0n) is 10.3. The second kappa shape index (κ2) is 5.97. The van der Waals surface area contributed by atoms with Crippen molar-refractivity contribution >= 4 is 0 Å². The molecule has 2 rings (SSSR count). The van der Waals surface area contributed by atoms with E-state index >= 15 is 0 Å². The third kappa shape index (κ3) is 2.95. The van der Waals surface area contributed by atoms with Crippen LogP contribution in [0.5, 0.6) is 0 Å². The van der Waals surface area contributed by atoms with E-state index in [0.29, 0.717) is 0 Å². The monoisotopic (exact) mass is 228 g/mol. The van der Waals surface area contributed by atoms with Gasteiger partial charge in [-0.1, -0.05) is 26.2 Å². The van der Waals surface area contributed by atoms with Crippen LogP contribution in [0.3, 0.4) is 0 Å². The Morgan fingerprint density at radius 1 is 1.12 bits per heavy atom. The first-order chi connectivity index (χ1) is 7.81. The van der Waals surface area contributed by atoms with Crippen molar-refractivity contribution in [1.29, 1.82) is 0 Å². The van der Waals surface area contributed by atoms with Crippen molar-refractivity contribution < 1.29 is 4.39 Å². The molecule has 1 saturated carbocycles. The average Bonchev–Trinajstić information content (AvgIpc) is 2.31. The Hall–Kier alpha value is -0.150. The molecule has 2 aliphatic rings. The normalized spacial score (nSPS) is 40.9. The standard InChI is InChI=1S/C13H25FN2/c1-2-5-10-8-15-13(16-9-10)11-6-3-4-7-12(11)14/h10-13,15-16H,2-9H2,1H3. The first-order valence-corrected chi connectivity index (χ1v) is 6.92. The summed E-state index contributed by atoms with van der Waals surface area (Å²) in [5.41, 5.74) is 0. The largest absolute Gasteiger partial charge is 0.301 e. The van der Waals surface area contributed by atoms with E-state index in [9.17, 15) is 4.39 Å². The van der Waals surface area contributed by atoms with E-state index in [0.717, 1.165) is 38.3 Å². The second-order valence-electron chi connectivity index (χ2n) is 5.41. The van der Waals surface area contributed by atoms with Gasteiger partial charge < -0.3 is 10.6 Å². The van der Waals surface area contributed by atoms with Crippen LogP contribution >= 0.6 is 0 Å². The van der Waals surface area contributed by atoms with Crippen LogP contribution in [0.4, 0.5) is 4.39 Å². The van der Waals surface area contributed by atoms with Gasteiger partial charge in [0.15, 0.2) is 0 Å². The third-order valence-electron chi connectivity index (χ3n) is 4.11. The van der Waals surface area contributed by atoms with Gasteiger partial charge in [0.05, 0.1) is 6.17 Å². The first-order valence-electron chi connectivity index (χ1n) is 6.92. The molecule has 0 spiro atoms. The van der Waals surface area contributed by atoms with Gasteiger partial charge in [0.25, 0.3) is 0 Å². The van der Waals surface area contributed by atoms with E-state index in [-0.39, 0.29) is 12.1 Å². The SMILES string of the molecule is CCCC1CNC(C2CCCCC2F)NC1. The molecule has 0 radical (unpaired) electrons. The van der Waals surface area contributed by atoms with Gasteiger partial charge in [0.1, 0.15) is 6.17 Å². The maximum Gasteiger partial charge on any atom is 0.106 e. The molecule has 2 unspecified atom stereocenters. The van der Waals surface area contributed by atoms with Crippen LogP contribution in [0.15, 0.2) is 0 Å². The average molecular weight is 228 g/mol. The summed E-state index contributed by atoms with van der Waals surface area (Å²) in [7, 11) is 0. The molecule has 2 atom stereocenters. The summed E-state index contributed by atoms with van der Waals surface area (Å²) >= 11 is 0. The number of halogens is 1. The molecule has 0 aromatic carbocycles. The highest BCUT2D eigenvalue weighted by Crippen LogP contribution is 2.29. The summed E-state index contributed by atoms with van der Waals surface area (Å²) in [5.74, 6) is 0.944. The molecule has 94 valence electrons. The van der Waals surface area contributed by atoms with Crippen LogP contribution in [-0.2, 0) is 0 Å². The van der Waals surface area contributed by atoms with Gasteiger partial charge in [-0.05, 0) is 25.2 Å². The highest BCUT2D eigenvalue weighted by Gasteiger charge is 2.33. The lowest BCUT2D eigenvalue weighted by molar-refractivity contribution is 0.0964. The predicted molar refractivity (Wildman–Crippen MR) is 65.0 cm³/mol. The Kier molecular flexibility index (Phi) is 4.59. The van der Waals surface area contributed by atoms with Gasteiger partial charge in [-0.2, -0.15) is 0 Å². The van der Waals surface area contributed by atoms with Gasteiger partial charge in [-0.15, -0.1) is 0 Å². The van der Waals surface area contributed by atoms with Crippen molar-refractivity contribution in [2.75, 3.05) is 13.1 Å². The molecule has 1 saturated heterocycles. The Bertz CT molecular complexity index is 202. The highest BCUT2D eigenvalue weighted by atomic mass is 19.1. The smallest absolute Gasteiger partial charge is 0.106 e. The number of hydrogen-bond acceptors (Lipinski definition) is 2. The quantitative estimate of drug-likeness (QED) is 0.775. The molecule has 2 nitrogen and oxygen atoms in total. The van der Waals surface area contributed by atoms with Crippen molar-refractivity contribution in [2.24, 2.45) is 11.8 Å². The molecule has 1 aliphatic heterocycles. The lowest BCUT2D eigenvalue weighted by Gasteiger charge is -2.39. The lowest BCUT2D eigenvalue weighted by atomic mass is 9.84. The minimum atomic E-state index is -0.596. The summed E-state index contributed by atoms with van der Waals surface area (Å²) in [5, 5.41) is 7.01. The van der Waals surface area contributed by atoms with E-state index in [1.165, 1.54) is 19.3 Å². The summed E-state index contributed by atoms with van der Waals surface area (Å²) in [6.07, 6.45) is 6.23. The van der Waals surface area contributed by atoms with Gasteiger partial charge in [-0.3, -0.25) is 0 Å². The van der Waals surface area contributed by atoms with Crippen molar-refractivity contribution in [3.8, 4) is 0 Å². The van der Waals surface area contributed by atoms with Crippen LogP contribution in [0.1, 0.15) is 45.4 Å². The molecule has 3 heteroatoms. The van der Waals surface area contributed by atoms with Crippen molar-refractivity contribution in [3.63, 3.8) is 0 Å². The number of hydrogen-bond donors (Lipinski definition) is 2. The Balaban J connectivity index is 1.79. The van der Waals surface area contributed by atoms with E-state index < -0.39 is 6.17 Å². The fourth-order valence-corrected chi connectivity index (χ4v) is 3.14. The van der Waals surface area contributed by atoms with Gasteiger partial charge >= 0.3 is 0 Å². The van der Waals surface area contributed by atoms with Gasteiger partial charge in [0.2, 0.25) is 0 Å². The molecular formula is C13H25FN2. The lowest BCUT2D eigenvalue weighted by Crippen LogP contribution is -2.58. The minimum Gasteiger partial charge on any atom is -0.301 e. The van der Waals surface area contributed by atoms with Crippen LogP contribution in [0.25, 0.3) is 0 Å². The summed E-state index contributed by atoms with van der Waals surface area (Å²) in [6.45, 7) is 4.36. The number of nitrogens with one attached hydrogen (secondary N) is 2. The van der Waals surface area contributed by atoms with E-state index in [4.69, 9.17) is 0 Å². The Labute approximate surface area is 98.4 Å². The van der Waals surface area contributed by atoms with Crippen LogP contribution < -0.4 is 10.6 Å². The molecule has 0 amide bonds. The molecule has 1 aliphatic carbocycles. The topological polar surface area (TPSA) is 24.1 Å². The number of alkyl halides is 1. The molecule has 2 fully saturated rings. The van der Waals surface area contributed by atoms with Crippen LogP contribution in [0, 0.1) is 11.8 Å². The van der Waals surface area contributed by atoms with E-state index in [1.807, 2.05) is 0 Å². The second-order valence-corrected chi connectivity index (χ2v) is 5.41. The van der Waals surface area contributed by atoms with Gasteiger partial charge in [-0.25, -0.2) is 4.39 Å². The molecule has 0 bridgehead atoms. The van der Waals surface area contributed by atoms with Crippen molar-refractivity contribution in [2.45, 2.75) is 57.8 Å². The maximum atomic E-state index is 13.8. The highest BCUT2D eigenvalue weighted by molar-refractivity contribution is 4.87. The summed E-state index contributed by atoms with van der Waals surface area (Å²) in [4.78, 5) is 0. The molecule has 1 heterocycles. The summed E-state index contributed by atoms with van der Waals surface area (Å²) in [6, 6.07) is 0. The number of rotatable bonds is 3. The molecule has 0 aromatic heterocycles. The zero-order valence-corrected chi connectivity index (χ0v) is 10.3. The van der Waals surface area contributed by atoms with Crippen LogP contribution in [0.2, 0.25) is 0 Å². The molecule has 16 heavy (non-hydrogen) atoms. The van der Waals surface area contributed by atoms with E-state index in [2.05, 4.69) is 17.6 Å². The van der Waals surface area contributed by atoms with E-state index in [1.54, 1.807) is 0 Å². The Morgan fingerprint density at radius 3 is 2.44 bits per heavy atom. The van der Waals surface area contributed by atoms with Gasteiger partial charge in [0, 0.05) is 19.0 Å². The first kappa shape index (κ1) is 12.3. The fourth-order valence-electron chi connectivity index (χ4n) is 3.14. The van der Waals surface area contributed by atoms with Crippen LogP contribution in [-0.4, -0.2) is 25.4 Å². The molecular weight excluding hydrogens is 203 g/mol. The third-order valence-corrected chi connectivity index (χ3v) is 4.11. The Morgan fingerprint density at radius 2 is 1.81 bits per heavy atom. The molecule has 0 aromatic rings. The summed E-state index contributed by atoms with van der Waals surface area (Å²) < 4.78 is 13.8. The maximum absolute atomic E-state index is 13.8. The van der Waals surface area contributed by atoms with Crippen molar-refractivity contribution in [3.05, 3.63) is 0 Å². The minimum absolute atomic E-state index is 0.205. The fraction of sp³-hybridized carbons (Fsp3) is 1.00. The zero-order chi connectivity index (χ0) is 11.4. The predicted octanol–water partition coefficient (Wildman–Crippen LogP) is 2.45.